The summed E-state index contributed by atoms with van der Waals surface area (Å²) in [6.07, 6.45) is 16.1. The highest BCUT2D eigenvalue weighted by Gasteiger charge is 2.55. The average Bonchev–Trinajstić information content (AvgIpc) is 3.08. The van der Waals surface area contributed by atoms with Crippen molar-refractivity contribution in [3.05, 3.63) is 47.1 Å². The molecule has 0 amide bonds. The van der Waals surface area contributed by atoms with Gasteiger partial charge in [0, 0.05) is 11.3 Å². The molecule has 4 aliphatic carbocycles. The summed E-state index contributed by atoms with van der Waals surface area (Å²) in [6.45, 7) is 11.2. The van der Waals surface area contributed by atoms with Crippen LogP contribution in [0.5, 0.6) is 0 Å². The van der Waals surface area contributed by atoms with E-state index in [2.05, 4.69) is 44.2 Å². The van der Waals surface area contributed by atoms with Crippen molar-refractivity contribution in [2.45, 2.75) is 72.8 Å². The van der Waals surface area contributed by atoms with Gasteiger partial charge in [-0.05, 0) is 82.3 Å². The minimum atomic E-state index is -0.485. The molecule has 1 fully saturated rings. The van der Waals surface area contributed by atoms with Gasteiger partial charge in [0.1, 0.15) is 12.7 Å². The molecular weight excluding hydrogens is 388 g/mol. The van der Waals surface area contributed by atoms with Crippen molar-refractivity contribution in [2.75, 3.05) is 6.61 Å². The highest BCUT2D eigenvalue weighted by atomic mass is 16.5. The van der Waals surface area contributed by atoms with E-state index in [4.69, 9.17) is 9.47 Å². The molecule has 0 saturated heterocycles. The van der Waals surface area contributed by atoms with E-state index in [1.54, 1.807) is 0 Å². The molecule has 4 nitrogen and oxygen atoms in total. The lowest BCUT2D eigenvalue weighted by molar-refractivity contribution is -0.162. The van der Waals surface area contributed by atoms with Gasteiger partial charge in [-0.2, -0.15) is 0 Å². The van der Waals surface area contributed by atoms with Gasteiger partial charge >= 0.3 is 5.97 Å². The predicted molar refractivity (Wildman–Crippen MR) is 121 cm³/mol. The molecule has 31 heavy (non-hydrogen) atoms. The molecule has 0 heterocycles. The highest BCUT2D eigenvalue weighted by molar-refractivity contribution is 5.75. The van der Waals surface area contributed by atoms with E-state index in [9.17, 15) is 9.59 Å². The summed E-state index contributed by atoms with van der Waals surface area (Å²) in [5.41, 5.74) is 3.65. The lowest BCUT2D eigenvalue weighted by atomic mass is 9.54. The molecule has 168 valence electrons. The van der Waals surface area contributed by atoms with Gasteiger partial charge in [-0.25, -0.2) is 0 Å². The van der Waals surface area contributed by atoms with Crippen LogP contribution in [0.1, 0.15) is 66.7 Å². The summed E-state index contributed by atoms with van der Waals surface area (Å²) in [5.74, 6) is 0.577. The van der Waals surface area contributed by atoms with Crippen LogP contribution < -0.4 is 0 Å². The first-order valence-corrected chi connectivity index (χ1v) is 11.7. The Hall–Kier alpha value is -2.10. The van der Waals surface area contributed by atoms with Gasteiger partial charge in [-0.15, -0.1) is 0 Å². The number of esters is 1. The van der Waals surface area contributed by atoms with E-state index in [1.165, 1.54) is 16.7 Å². The molecule has 0 bridgehead atoms. The van der Waals surface area contributed by atoms with E-state index in [-0.39, 0.29) is 22.9 Å². The topological polar surface area (TPSA) is 52.6 Å². The number of hydrogen-bond donors (Lipinski definition) is 0. The van der Waals surface area contributed by atoms with Gasteiger partial charge in [0.05, 0.1) is 5.41 Å². The zero-order chi connectivity index (χ0) is 22.4. The maximum Gasteiger partial charge on any atom is 0.311 e. The summed E-state index contributed by atoms with van der Waals surface area (Å²) in [4.78, 5) is 23.6. The number of allylic oxidation sites excluding steroid dienone is 7. The van der Waals surface area contributed by atoms with E-state index >= 15 is 0 Å². The maximum absolute atomic E-state index is 12.5. The third kappa shape index (κ3) is 3.52. The Bertz CT molecular complexity index is 883. The Morgan fingerprint density at radius 1 is 1.29 bits per heavy atom. The number of rotatable bonds is 5. The SMILES string of the molecule is C[C@H](OC(=O)C(C)(C)C)[C@H]1CCC2=C3C=CC4=CC=CC[C@]4(COC=O)[C@H]3CC[C@@]21C. The third-order valence-electron chi connectivity index (χ3n) is 8.35. The average molecular weight is 425 g/mol. The Balaban J connectivity index is 1.67. The van der Waals surface area contributed by atoms with Crippen LogP contribution in [0.25, 0.3) is 0 Å². The first-order valence-electron chi connectivity index (χ1n) is 11.7. The van der Waals surface area contributed by atoms with Crippen LogP contribution in [-0.2, 0) is 19.1 Å². The van der Waals surface area contributed by atoms with Gasteiger partial charge < -0.3 is 9.47 Å². The third-order valence-corrected chi connectivity index (χ3v) is 8.35. The molecule has 0 aliphatic heterocycles. The molecule has 4 rings (SSSR count). The number of carbonyl (C=O) groups is 2. The Morgan fingerprint density at radius 3 is 2.77 bits per heavy atom. The molecule has 0 aromatic rings. The number of hydrogen-bond acceptors (Lipinski definition) is 4. The summed E-state index contributed by atoms with van der Waals surface area (Å²) in [6, 6.07) is 0. The summed E-state index contributed by atoms with van der Waals surface area (Å²) >= 11 is 0. The highest BCUT2D eigenvalue weighted by Crippen LogP contribution is 2.63. The molecule has 0 aromatic carbocycles. The number of ether oxygens (including phenoxy) is 2. The van der Waals surface area contributed by atoms with E-state index in [1.807, 2.05) is 20.8 Å². The quantitative estimate of drug-likeness (QED) is 0.419. The second-order valence-corrected chi connectivity index (χ2v) is 11.1. The van der Waals surface area contributed by atoms with Crippen molar-refractivity contribution in [3.8, 4) is 0 Å². The molecule has 0 radical (unpaired) electrons. The fraction of sp³-hybridized carbons (Fsp3) is 0.630. The van der Waals surface area contributed by atoms with Crippen LogP contribution in [0.4, 0.5) is 0 Å². The normalized spacial score (nSPS) is 34.9. The summed E-state index contributed by atoms with van der Waals surface area (Å²) in [5, 5.41) is 0. The Kier molecular flexibility index (Phi) is 5.56. The minimum absolute atomic E-state index is 0.0478. The largest absolute Gasteiger partial charge is 0.467 e. The molecule has 5 atom stereocenters. The van der Waals surface area contributed by atoms with Gasteiger partial charge in [0.2, 0.25) is 0 Å². The molecular formula is C27H36O4. The van der Waals surface area contributed by atoms with Crippen LogP contribution in [0.2, 0.25) is 0 Å². The smallest absolute Gasteiger partial charge is 0.311 e. The monoisotopic (exact) mass is 424 g/mol. The van der Waals surface area contributed by atoms with Crippen LogP contribution in [0.3, 0.4) is 0 Å². The lowest BCUT2D eigenvalue weighted by Gasteiger charge is -2.51. The molecule has 4 aliphatic rings. The number of carbonyl (C=O) groups excluding carboxylic acids is 2. The van der Waals surface area contributed by atoms with Gasteiger partial charge in [-0.1, -0.05) is 42.9 Å². The molecule has 0 N–H and O–H groups in total. The van der Waals surface area contributed by atoms with Crippen molar-refractivity contribution in [3.63, 3.8) is 0 Å². The van der Waals surface area contributed by atoms with Crippen LogP contribution in [-0.4, -0.2) is 25.2 Å². The predicted octanol–water partition coefficient (Wildman–Crippen LogP) is 5.70. The van der Waals surface area contributed by atoms with Crippen molar-refractivity contribution in [1.82, 2.24) is 0 Å². The Morgan fingerprint density at radius 2 is 2.06 bits per heavy atom. The second-order valence-electron chi connectivity index (χ2n) is 11.1. The second kappa shape index (κ2) is 7.79. The Labute approximate surface area is 186 Å². The van der Waals surface area contributed by atoms with E-state index < -0.39 is 5.41 Å². The zero-order valence-corrected chi connectivity index (χ0v) is 19.6. The van der Waals surface area contributed by atoms with Gasteiger partial charge in [0.25, 0.3) is 6.47 Å². The van der Waals surface area contributed by atoms with Crippen LogP contribution in [0, 0.1) is 28.1 Å². The van der Waals surface area contributed by atoms with Crippen LogP contribution >= 0.6 is 0 Å². The molecule has 0 aromatic heterocycles. The minimum Gasteiger partial charge on any atom is -0.467 e. The lowest BCUT2D eigenvalue weighted by Crippen LogP contribution is -2.45. The summed E-state index contributed by atoms with van der Waals surface area (Å²) in [7, 11) is 0. The van der Waals surface area contributed by atoms with Crippen LogP contribution in [0.15, 0.2) is 47.1 Å². The van der Waals surface area contributed by atoms with Crippen molar-refractivity contribution in [1.29, 1.82) is 0 Å². The fourth-order valence-corrected chi connectivity index (χ4v) is 6.62. The maximum atomic E-state index is 12.5. The van der Waals surface area contributed by atoms with Crippen molar-refractivity contribution in [2.24, 2.45) is 28.1 Å². The molecule has 4 heteroatoms. The fourth-order valence-electron chi connectivity index (χ4n) is 6.62. The first-order chi connectivity index (χ1) is 14.6. The van der Waals surface area contributed by atoms with E-state index in [0.717, 1.165) is 32.1 Å². The van der Waals surface area contributed by atoms with Gasteiger partial charge in [-0.3, -0.25) is 9.59 Å². The zero-order valence-electron chi connectivity index (χ0n) is 19.6. The van der Waals surface area contributed by atoms with Crippen molar-refractivity contribution >= 4 is 12.4 Å². The molecule has 1 saturated carbocycles. The van der Waals surface area contributed by atoms with E-state index in [0.29, 0.717) is 24.9 Å². The van der Waals surface area contributed by atoms with Gasteiger partial charge in [0.15, 0.2) is 0 Å². The number of fused-ring (bicyclic) bond motifs is 4. The standard InChI is InChI=1S/C27H36O4/c1-18(31-24(29)25(2,3)4)21-11-12-22-20-10-9-19-8-6-7-14-27(19,16-30-17-28)23(20)13-15-26(21,22)5/h6-10,17-18,21,23H,11-16H2,1-5H3/t18-,21+,23-,26+,27+/m0/s1. The summed E-state index contributed by atoms with van der Waals surface area (Å²) < 4.78 is 11.3. The van der Waals surface area contributed by atoms with Crippen molar-refractivity contribution < 1.29 is 19.1 Å². The molecule has 0 unspecified atom stereocenters. The molecule has 0 spiro atoms. The first kappa shape index (κ1) is 22.1.